The van der Waals surface area contributed by atoms with E-state index in [-0.39, 0.29) is 0 Å². The van der Waals surface area contributed by atoms with Crippen LogP contribution >= 0.6 is 90.9 Å². The number of rotatable bonds is 3. The number of H-pyrrole nitrogens is 3. The molecule has 3 aliphatic heterocycles. The highest BCUT2D eigenvalue weighted by Crippen LogP contribution is 2.24. The van der Waals surface area contributed by atoms with Crippen LogP contribution in [-0.4, -0.2) is 41.8 Å². The molecule has 0 bridgehead atoms. The summed E-state index contributed by atoms with van der Waals surface area (Å²) in [5.74, 6) is 2.54. The third-order valence-corrected chi connectivity index (χ3v) is 10.2. The van der Waals surface area contributed by atoms with Crippen LogP contribution in [0.15, 0.2) is 91.0 Å². The van der Waals surface area contributed by atoms with E-state index in [1.54, 1.807) is 15.4 Å². The molecule has 0 spiro atoms. The van der Waals surface area contributed by atoms with Crippen LogP contribution < -0.4 is 62.9 Å². The predicted octanol–water partition coefficient (Wildman–Crippen LogP) is 2.66. The van der Waals surface area contributed by atoms with Crippen molar-refractivity contribution in [3.63, 3.8) is 0 Å². The molecule has 26 heteroatoms. The fourth-order valence-corrected chi connectivity index (χ4v) is 6.04. The second kappa shape index (κ2) is 16.8. The minimum Gasteiger partial charge on any atom is -0.822 e. The number of aromatic amines is 3. The summed E-state index contributed by atoms with van der Waals surface area (Å²) >= 11 is 27.9. The molecule has 3 aromatic carbocycles. The molecule has 53 heavy (non-hydrogen) atoms. The van der Waals surface area contributed by atoms with Crippen LogP contribution in [0.2, 0.25) is 0 Å². The largest absolute Gasteiger partial charge is 0.822 e. The van der Waals surface area contributed by atoms with E-state index in [0.29, 0.717) is 14.2 Å². The predicted molar refractivity (Wildman–Crippen MR) is 209 cm³/mol. The van der Waals surface area contributed by atoms with Crippen LogP contribution in [0.5, 0.6) is 0 Å². The van der Waals surface area contributed by atoms with Crippen LogP contribution in [0.4, 0.5) is 17.5 Å². The average molecular weight is 1000 g/mol. The number of aromatic nitrogens is 3. The molecule has 9 rings (SSSR count). The van der Waals surface area contributed by atoms with Gasteiger partial charge in [0.15, 0.2) is 52.8 Å². The van der Waals surface area contributed by atoms with Gasteiger partial charge >= 0.3 is 14.2 Å². The summed E-state index contributed by atoms with van der Waals surface area (Å²) in [6.07, 6.45) is 0. The molecule has 3 aromatic heterocycles. The number of anilines is 3. The molecule has 0 aliphatic carbocycles. The fourth-order valence-electron chi connectivity index (χ4n) is 4.81. The molecule has 6 aromatic rings. The van der Waals surface area contributed by atoms with E-state index >= 15 is 0 Å². The van der Waals surface area contributed by atoms with E-state index in [1.165, 1.54) is 12.6 Å². The van der Waals surface area contributed by atoms with Crippen LogP contribution in [-0.2, 0) is 4.57 Å². The number of hydrazone groups is 3. The lowest BCUT2D eigenvalue weighted by Crippen LogP contribution is -2.40. The van der Waals surface area contributed by atoms with Crippen molar-refractivity contribution in [2.24, 2.45) is 0 Å². The Kier molecular flexibility index (Phi) is 12.4. The first-order valence-corrected chi connectivity index (χ1v) is 19.5. The SMILES string of the molecule is Cl[N+]1=C(Br)NNN1c1cc2ccccc2[nH]1.Cl[N+]1=C(Br)NNN1c1cc2ccccc2[nH]1.Cl[N+]1=C(Br)NNN1c1cc2ccccc2[nH]1.O=P([O-])([O-])[O-]. The number of nitrogens with one attached hydrogen (secondary N) is 9. The maximum absolute atomic E-state index is 8.55. The Balaban J connectivity index is 0.000000128. The zero-order valence-corrected chi connectivity index (χ0v) is 34.1. The minimum absolute atomic E-state index is 0.632. The molecule has 3 aliphatic rings. The van der Waals surface area contributed by atoms with E-state index in [0.717, 1.165) is 50.2 Å². The monoisotopic (exact) mass is 995 g/mol. The van der Waals surface area contributed by atoms with Crippen LogP contribution in [0.1, 0.15) is 0 Å². The second-order valence-corrected chi connectivity index (χ2v) is 14.6. The number of nitrogens with zero attached hydrogens (tertiary/aromatic N) is 6. The number of halogens is 6. The molecule has 9 N–H and O–H groups in total. The first kappa shape index (κ1) is 39.1. The smallest absolute Gasteiger partial charge is 0.376 e. The number of hydrogen-bond donors (Lipinski definition) is 9. The van der Waals surface area contributed by atoms with Gasteiger partial charge in [-0.05, 0) is 65.6 Å². The number of fused-ring (bicyclic) bond motifs is 3. The summed E-state index contributed by atoms with van der Waals surface area (Å²) in [5, 5.41) is 8.33. The third-order valence-electron chi connectivity index (χ3n) is 7.04. The number of amidine groups is 3. The highest BCUT2D eigenvalue weighted by Gasteiger charge is 2.30. The Morgan fingerprint density at radius 2 is 0.755 bits per heavy atom. The van der Waals surface area contributed by atoms with Crippen molar-refractivity contribution in [2.75, 3.05) is 15.4 Å². The Bertz CT molecular complexity index is 2070. The van der Waals surface area contributed by atoms with Crippen molar-refractivity contribution >= 4 is 155 Å². The second-order valence-electron chi connectivity index (χ2n) is 10.5. The number of hydrazine groups is 9. The van der Waals surface area contributed by atoms with Gasteiger partial charge in [0.1, 0.15) is 0 Å². The third kappa shape index (κ3) is 9.56. The zero-order valence-electron chi connectivity index (χ0n) is 26.2. The standard InChI is InChI=1S/3C9H7BrClN5.H3O4P/c3*10-9-13-14-16(15(9)11)8-5-6-3-1-2-4-7(6)12-8;1-5(2,3)4/h3*1-5,12,14H;(H3,1,2,3,4). The van der Waals surface area contributed by atoms with Gasteiger partial charge in [-0.2, -0.15) is 24.1 Å². The van der Waals surface area contributed by atoms with Gasteiger partial charge in [-0.1, -0.05) is 70.0 Å². The average Bonchev–Trinajstić information content (AvgIpc) is 3.98. The molecule has 0 fully saturated rings. The van der Waals surface area contributed by atoms with E-state index in [2.05, 4.69) is 95.6 Å². The molecule has 0 saturated carbocycles. The summed E-state index contributed by atoms with van der Waals surface area (Å²) in [5.41, 5.74) is 20.4. The van der Waals surface area contributed by atoms with Crippen molar-refractivity contribution < 1.29 is 31.9 Å². The molecular weight excluding hydrogens is 975 g/mol. The van der Waals surface area contributed by atoms with Gasteiger partial charge in [-0.3, -0.25) is 0 Å². The van der Waals surface area contributed by atoms with Gasteiger partial charge in [0, 0.05) is 32.7 Å². The van der Waals surface area contributed by atoms with Crippen molar-refractivity contribution in [2.45, 2.75) is 0 Å². The lowest BCUT2D eigenvalue weighted by atomic mass is 10.2. The summed E-state index contributed by atoms with van der Waals surface area (Å²) < 4.78 is 14.6. The Labute approximate surface area is 339 Å². The molecular formula is C27H24Br3Cl3N15O4P. The first-order chi connectivity index (χ1) is 25.3. The fraction of sp³-hybridized carbons (Fsp3) is 0. The van der Waals surface area contributed by atoms with Crippen LogP contribution in [0, 0.1) is 0 Å². The van der Waals surface area contributed by atoms with Crippen molar-refractivity contribution in [3.8, 4) is 0 Å². The first-order valence-electron chi connectivity index (χ1n) is 14.6. The van der Waals surface area contributed by atoms with E-state index in [9.17, 15) is 0 Å². The summed E-state index contributed by atoms with van der Waals surface area (Å²) in [6.45, 7) is 0. The van der Waals surface area contributed by atoms with Crippen molar-refractivity contribution in [1.29, 1.82) is 0 Å². The zero-order chi connectivity index (χ0) is 37.9. The summed E-state index contributed by atoms with van der Waals surface area (Å²) in [6, 6.07) is 30.1. The highest BCUT2D eigenvalue weighted by atomic mass is 79.9. The maximum Gasteiger partial charge on any atom is 0.376 e. The van der Waals surface area contributed by atoms with Crippen molar-refractivity contribution in [3.05, 3.63) is 91.0 Å². The Morgan fingerprint density at radius 3 is 0.962 bits per heavy atom. The molecule has 0 radical (unpaired) electrons. The maximum atomic E-state index is 8.55. The molecule has 278 valence electrons. The van der Waals surface area contributed by atoms with E-state index in [4.69, 9.17) is 54.6 Å². The van der Waals surface area contributed by atoms with Crippen molar-refractivity contribution in [1.82, 2.24) is 47.8 Å². The lowest BCUT2D eigenvalue weighted by molar-refractivity contribution is -0.432. The van der Waals surface area contributed by atoms with E-state index < -0.39 is 7.82 Å². The molecule has 0 saturated heterocycles. The van der Waals surface area contributed by atoms with Gasteiger partial charge < -0.3 is 34.2 Å². The van der Waals surface area contributed by atoms with Gasteiger partial charge in [-0.15, -0.1) is 0 Å². The number of benzene rings is 3. The lowest BCUT2D eigenvalue weighted by Gasteiger charge is -2.36. The van der Waals surface area contributed by atoms with E-state index in [1.807, 2.05) is 91.0 Å². The van der Waals surface area contributed by atoms with Crippen LogP contribution in [0.25, 0.3) is 32.7 Å². The molecule has 0 amide bonds. The highest BCUT2D eigenvalue weighted by molar-refractivity contribution is 9.18. The molecule has 6 heterocycles. The minimum atomic E-state index is -5.39. The summed E-state index contributed by atoms with van der Waals surface area (Å²) in [4.78, 5) is 35.4. The number of phosphoric acid groups is 1. The van der Waals surface area contributed by atoms with Gasteiger partial charge in [0.05, 0.1) is 47.8 Å². The normalized spacial score (nSPS) is 15.6. The molecule has 0 unspecified atom stereocenters. The number of para-hydroxylation sites is 3. The summed E-state index contributed by atoms with van der Waals surface area (Å²) in [7, 11) is -5.39. The quantitative estimate of drug-likeness (QED) is 0.0708. The van der Waals surface area contributed by atoms with Gasteiger partial charge in [-0.25, -0.2) is 0 Å². The Morgan fingerprint density at radius 1 is 0.509 bits per heavy atom. The topological polar surface area (TPSA) is 225 Å². The number of hydrogen-bond acceptors (Lipinski definition) is 13. The van der Waals surface area contributed by atoms with Gasteiger partial charge in [0.2, 0.25) is 0 Å². The van der Waals surface area contributed by atoms with Crippen LogP contribution in [0.3, 0.4) is 0 Å². The molecule has 19 nitrogen and oxygen atoms in total. The molecule has 0 atom stereocenters. The Hall–Kier alpha value is -3.61. The van der Waals surface area contributed by atoms with Gasteiger partial charge in [0.25, 0.3) is 0 Å².